The van der Waals surface area contributed by atoms with E-state index < -0.39 is 0 Å². The molecule has 0 radical (unpaired) electrons. The molecule has 5 heteroatoms. The number of hydrogen-bond donors (Lipinski definition) is 1. The molecule has 3 atom stereocenters. The van der Waals surface area contributed by atoms with Crippen LogP contribution >= 0.6 is 0 Å². The third kappa shape index (κ3) is 3.84. The maximum absolute atomic E-state index is 11.3. The summed E-state index contributed by atoms with van der Waals surface area (Å²) in [5, 5.41) is 14.8. The molecule has 1 N–H and O–H groups in total. The molecule has 1 saturated carbocycles. The van der Waals surface area contributed by atoms with E-state index in [4.69, 9.17) is 0 Å². The van der Waals surface area contributed by atoms with E-state index in [1.165, 1.54) is 38.5 Å². The van der Waals surface area contributed by atoms with E-state index in [0.29, 0.717) is 23.8 Å². The average molecular weight is 372 g/mol. The molecule has 0 unspecified atom stereocenters. The highest BCUT2D eigenvalue weighted by Crippen LogP contribution is 2.43. The van der Waals surface area contributed by atoms with Crippen LogP contribution in [0.4, 0.5) is 11.4 Å². The molecule has 0 amide bonds. The van der Waals surface area contributed by atoms with Gasteiger partial charge in [0.05, 0.1) is 4.92 Å². The van der Waals surface area contributed by atoms with Crippen molar-refractivity contribution in [1.82, 2.24) is 4.90 Å². The number of nitro benzene ring substituents is 1. The maximum Gasteiger partial charge on any atom is 0.292 e. The largest absolute Gasteiger partial charge is 0.377 e. The van der Waals surface area contributed by atoms with Crippen LogP contribution in [-0.4, -0.2) is 34.0 Å². The standard InChI is InChI=1S/C22H33N3O2/c1-15(2)16-7-9-18(10-8-16)24-19-11-12-20(24)14-17(13-19)23-21-5-3-4-6-22(21)25(26)27/h3-6,15-20,23H,7-14H2,1-2H3/t16-,17-,18-,19+,20-. The van der Waals surface area contributed by atoms with Crippen LogP contribution < -0.4 is 5.32 Å². The lowest BCUT2D eigenvalue weighted by Crippen LogP contribution is -2.52. The highest BCUT2D eigenvalue weighted by Gasteiger charge is 2.44. The molecule has 1 aliphatic carbocycles. The summed E-state index contributed by atoms with van der Waals surface area (Å²) in [7, 11) is 0. The number of benzene rings is 1. The minimum absolute atomic E-state index is 0.194. The van der Waals surface area contributed by atoms with Gasteiger partial charge in [0.1, 0.15) is 5.69 Å². The summed E-state index contributed by atoms with van der Waals surface area (Å²) in [6.07, 6.45) is 10.3. The molecule has 27 heavy (non-hydrogen) atoms. The summed E-state index contributed by atoms with van der Waals surface area (Å²) < 4.78 is 0. The third-order valence-corrected chi connectivity index (χ3v) is 7.36. The first-order chi connectivity index (χ1) is 13.0. The van der Waals surface area contributed by atoms with Gasteiger partial charge in [0.25, 0.3) is 5.69 Å². The van der Waals surface area contributed by atoms with Crippen molar-refractivity contribution < 1.29 is 4.92 Å². The van der Waals surface area contributed by atoms with Gasteiger partial charge in [-0.25, -0.2) is 0 Å². The molecule has 2 heterocycles. The van der Waals surface area contributed by atoms with Crippen LogP contribution in [0.2, 0.25) is 0 Å². The van der Waals surface area contributed by atoms with Crippen molar-refractivity contribution in [1.29, 1.82) is 0 Å². The molecular formula is C22H33N3O2. The molecule has 2 saturated heterocycles. The maximum atomic E-state index is 11.3. The van der Waals surface area contributed by atoms with Gasteiger partial charge < -0.3 is 5.32 Å². The summed E-state index contributed by atoms with van der Waals surface area (Å²) in [5.41, 5.74) is 0.872. The fraction of sp³-hybridized carbons (Fsp3) is 0.727. The molecular weight excluding hydrogens is 338 g/mol. The summed E-state index contributed by atoms with van der Waals surface area (Å²) >= 11 is 0. The quantitative estimate of drug-likeness (QED) is 0.570. The van der Waals surface area contributed by atoms with Gasteiger partial charge in [-0.3, -0.25) is 15.0 Å². The summed E-state index contributed by atoms with van der Waals surface area (Å²) in [6.45, 7) is 4.74. The summed E-state index contributed by atoms with van der Waals surface area (Å²) in [5.74, 6) is 1.73. The topological polar surface area (TPSA) is 58.4 Å². The van der Waals surface area contributed by atoms with E-state index in [0.717, 1.165) is 30.7 Å². The lowest BCUT2D eigenvalue weighted by Gasteiger charge is -2.46. The van der Waals surface area contributed by atoms with Crippen LogP contribution in [-0.2, 0) is 0 Å². The SMILES string of the molecule is CC(C)[C@H]1CC[C@H](N2[C@@H]3CC[C@H]2C[C@@H](Nc2ccccc2[N+](=O)[O-])C3)CC1. The van der Waals surface area contributed by atoms with Crippen LogP contribution in [0.3, 0.4) is 0 Å². The molecule has 1 aromatic carbocycles. The first kappa shape index (κ1) is 18.7. The van der Waals surface area contributed by atoms with Crippen molar-refractivity contribution in [3.8, 4) is 0 Å². The van der Waals surface area contributed by atoms with Crippen molar-refractivity contribution in [2.24, 2.45) is 11.8 Å². The predicted molar refractivity (Wildman–Crippen MR) is 109 cm³/mol. The zero-order valence-corrected chi connectivity index (χ0v) is 16.6. The Bertz CT molecular complexity index is 655. The third-order valence-electron chi connectivity index (χ3n) is 7.36. The summed E-state index contributed by atoms with van der Waals surface area (Å²) in [6, 6.07) is 9.50. The molecule has 0 aromatic heterocycles. The highest BCUT2D eigenvalue weighted by molar-refractivity contribution is 5.61. The number of fused-ring (bicyclic) bond motifs is 2. The van der Waals surface area contributed by atoms with Gasteiger partial charge in [-0.1, -0.05) is 26.0 Å². The molecule has 2 bridgehead atoms. The van der Waals surface area contributed by atoms with Gasteiger partial charge in [-0.15, -0.1) is 0 Å². The normalized spacial score (nSPS) is 34.0. The highest BCUT2D eigenvalue weighted by atomic mass is 16.6. The Kier molecular flexibility index (Phi) is 5.40. The molecule has 148 valence electrons. The second-order valence-corrected chi connectivity index (χ2v) is 9.23. The molecule has 2 aliphatic heterocycles. The van der Waals surface area contributed by atoms with Crippen molar-refractivity contribution in [2.45, 2.75) is 89.4 Å². The number of nitrogens with zero attached hydrogens (tertiary/aromatic N) is 2. The predicted octanol–water partition coefficient (Wildman–Crippen LogP) is 5.22. The monoisotopic (exact) mass is 371 g/mol. The number of nitro groups is 1. The zero-order chi connectivity index (χ0) is 19.0. The Morgan fingerprint density at radius 1 is 1.00 bits per heavy atom. The molecule has 4 rings (SSSR count). The Morgan fingerprint density at radius 2 is 1.59 bits per heavy atom. The number of para-hydroxylation sites is 2. The Labute approximate surface area is 162 Å². The van der Waals surface area contributed by atoms with E-state index >= 15 is 0 Å². The van der Waals surface area contributed by atoms with Gasteiger partial charge in [0.15, 0.2) is 0 Å². The summed E-state index contributed by atoms with van der Waals surface area (Å²) in [4.78, 5) is 13.9. The molecule has 3 fully saturated rings. The van der Waals surface area contributed by atoms with Crippen molar-refractivity contribution in [3.63, 3.8) is 0 Å². The van der Waals surface area contributed by atoms with Crippen LogP contribution in [0, 0.1) is 22.0 Å². The molecule has 3 aliphatic rings. The van der Waals surface area contributed by atoms with Gasteiger partial charge in [-0.2, -0.15) is 0 Å². The van der Waals surface area contributed by atoms with E-state index in [1.54, 1.807) is 12.1 Å². The number of piperidine rings is 1. The first-order valence-corrected chi connectivity index (χ1v) is 10.8. The number of nitrogens with one attached hydrogen (secondary N) is 1. The van der Waals surface area contributed by atoms with Crippen LogP contribution in [0.15, 0.2) is 24.3 Å². The second kappa shape index (κ2) is 7.78. The minimum Gasteiger partial charge on any atom is -0.377 e. The average Bonchev–Trinajstić information content (AvgIpc) is 2.92. The van der Waals surface area contributed by atoms with Crippen molar-refractivity contribution in [3.05, 3.63) is 34.4 Å². The van der Waals surface area contributed by atoms with Gasteiger partial charge in [0, 0.05) is 30.2 Å². The molecule has 5 nitrogen and oxygen atoms in total. The van der Waals surface area contributed by atoms with E-state index in [2.05, 4.69) is 24.1 Å². The van der Waals surface area contributed by atoms with Crippen LogP contribution in [0.25, 0.3) is 0 Å². The van der Waals surface area contributed by atoms with Crippen LogP contribution in [0.1, 0.15) is 65.2 Å². The Morgan fingerprint density at radius 3 is 2.19 bits per heavy atom. The fourth-order valence-corrected chi connectivity index (χ4v) is 5.97. The first-order valence-electron chi connectivity index (χ1n) is 10.8. The van der Waals surface area contributed by atoms with E-state index in [1.807, 2.05) is 12.1 Å². The van der Waals surface area contributed by atoms with Gasteiger partial charge in [0.2, 0.25) is 0 Å². The van der Waals surface area contributed by atoms with Crippen molar-refractivity contribution >= 4 is 11.4 Å². The van der Waals surface area contributed by atoms with Gasteiger partial charge >= 0.3 is 0 Å². The number of hydrogen-bond acceptors (Lipinski definition) is 4. The number of rotatable bonds is 5. The lowest BCUT2D eigenvalue weighted by molar-refractivity contribution is -0.384. The van der Waals surface area contributed by atoms with Gasteiger partial charge in [-0.05, 0) is 69.3 Å². The zero-order valence-electron chi connectivity index (χ0n) is 16.6. The molecule has 1 aromatic rings. The fourth-order valence-electron chi connectivity index (χ4n) is 5.97. The second-order valence-electron chi connectivity index (χ2n) is 9.23. The van der Waals surface area contributed by atoms with E-state index in [9.17, 15) is 10.1 Å². The lowest BCUT2D eigenvalue weighted by atomic mass is 9.78. The smallest absolute Gasteiger partial charge is 0.292 e. The van der Waals surface area contributed by atoms with E-state index in [-0.39, 0.29) is 10.6 Å². The Balaban J connectivity index is 1.39. The molecule has 0 spiro atoms. The van der Waals surface area contributed by atoms with Crippen LogP contribution in [0.5, 0.6) is 0 Å². The minimum atomic E-state index is -0.279. The van der Waals surface area contributed by atoms with Crippen molar-refractivity contribution in [2.75, 3.05) is 5.32 Å². The Hall–Kier alpha value is -1.62. The number of anilines is 1.